The zero-order chi connectivity index (χ0) is 22.3. The van der Waals surface area contributed by atoms with Crippen LogP contribution in [-0.2, 0) is 4.79 Å². The molecule has 0 saturated heterocycles. The van der Waals surface area contributed by atoms with Crippen LogP contribution in [0.1, 0.15) is 34.1 Å². The highest BCUT2D eigenvalue weighted by Crippen LogP contribution is 2.25. The Morgan fingerprint density at radius 3 is 2.66 bits per heavy atom. The molecule has 0 fully saturated rings. The Hall–Kier alpha value is -4.04. The zero-order valence-electron chi connectivity index (χ0n) is 17.2. The average molecular weight is 445 g/mol. The molecule has 3 heterocycles. The molecular formula is C24H20N4O3S. The van der Waals surface area contributed by atoms with Crippen molar-refractivity contribution in [2.45, 2.75) is 13.0 Å². The molecule has 2 N–H and O–H groups in total. The number of hydrogen-bond donors (Lipinski definition) is 2. The van der Waals surface area contributed by atoms with E-state index >= 15 is 0 Å². The van der Waals surface area contributed by atoms with E-state index in [1.165, 1.54) is 23.7 Å². The zero-order valence-corrected chi connectivity index (χ0v) is 18.0. The number of carbonyl (C=O) groups is 2. The van der Waals surface area contributed by atoms with Gasteiger partial charge in [-0.25, -0.2) is 4.98 Å². The van der Waals surface area contributed by atoms with Gasteiger partial charge in [-0.3, -0.25) is 14.6 Å². The number of thiazole rings is 1. The number of furan rings is 1. The molecule has 4 rings (SSSR count). The third-order valence-electron chi connectivity index (χ3n) is 4.56. The van der Waals surface area contributed by atoms with Gasteiger partial charge in [-0.05, 0) is 43.3 Å². The molecule has 4 aromatic rings. The first-order chi connectivity index (χ1) is 15.6. The minimum atomic E-state index is -0.448. The average Bonchev–Trinajstić information content (AvgIpc) is 3.52. The second-order valence-electron chi connectivity index (χ2n) is 6.90. The van der Waals surface area contributed by atoms with Gasteiger partial charge in [0.15, 0.2) is 0 Å². The van der Waals surface area contributed by atoms with Gasteiger partial charge in [0, 0.05) is 35.0 Å². The monoisotopic (exact) mass is 444 g/mol. The van der Waals surface area contributed by atoms with Crippen LogP contribution in [-0.4, -0.2) is 21.8 Å². The fraction of sp³-hybridized carbons (Fsp3) is 0.0833. The summed E-state index contributed by atoms with van der Waals surface area (Å²) in [6, 6.07) is 15.5. The van der Waals surface area contributed by atoms with Crippen LogP contribution in [0.25, 0.3) is 17.3 Å². The van der Waals surface area contributed by atoms with Gasteiger partial charge in [-0.2, -0.15) is 0 Å². The Labute approximate surface area is 188 Å². The third kappa shape index (κ3) is 5.16. The lowest BCUT2D eigenvalue weighted by atomic mass is 10.2. The van der Waals surface area contributed by atoms with E-state index < -0.39 is 5.91 Å². The smallest absolute Gasteiger partial charge is 0.268 e. The number of aromatic nitrogens is 2. The summed E-state index contributed by atoms with van der Waals surface area (Å²) in [4.78, 5) is 34.4. The molecular weight excluding hydrogens is 424 g/mol. The van der Waals surface area contributed by atoms with Crippen molar-refractivity contribution in [1.29, 1.82) is 0 Å². The predicted octanol–water partition coefficient (Wildman–Crippen LogP) is 4.45. The SMILES string of the molecule is CC(NC(=O)C(=Cc1ccco1)NC(=O)c1ccccc1)c1nc(-c2cccnc2)cs1. The maximum Gasteiger partial charge on any atom is 0.268 e. The van der Waals surface area contributed by atoms with Crippen LogP contribution >= 0.6 is 11.3 Å². The Bertz CT molecular complexity index is 1220. The van der Waals surface area contributed by atoms with Gasteiger partial charge in [0.1, 0.15) is 16.5 Å². The van der Waals surface area contributed by atoms with Gasteiger partial charge in [0.2, 0.25) is 0 Å². The van der Waals surface area contributed by atoms with E-state index in [1.54, 1.807) is 48.8 Å². The van der Waals surface area contributed by atoms with Gasteiger partial charge >= 0.3 is 0 Å². The molecule has 8 heteroatoms. The highest BCUT2D eigenvalue weighted by molar-refractivity contribution is 7.10. The molecule has 3 aromatic heterocycles. The number of amides is 2. The van der Waals surface area contributed by atoms with Gasteiger partial charge in [-0.15, -0.1) is 11.3 Å². The molecule has 0 radical (unpaired) electrons. The molecule has 32 heavy (non-hydrogen) atoms. The Kier molecular flexibility index (Phi) is 6.52. The van der Waals surface area contributed by atoms with Crippen LogP contribution in [0, 0.1) is 0 Å². The largest absolute Gasteiger partial charge is 0.465 e. The number of nitrogens with one attached hydrogen (secondary N) is 2. The summed E-state index contributed by atoms with van der Waals surface area (Å²) in [5.74, 6) is -0.389. The topological polar surface area (TPSA) is 97.1 Å². The van der Waals surface area contributed by atoms with Crippen molar-refractivity contribution in [1.82, 2.24) is 20.6 Å². The Morgan fingerprint density at radius 2 is 1.94 bits per heavy atom. The molecule has 160 valence electrons. The Balaban J connectivity index is 1.51. The van der Waals surface area contributed by atoms with E-state index in [2.05, 4.69) is 20.6 Å². The minimum absolute atomic E-state index is 0.0738. The van der Waals surface area contributed by atoms with Crippen molar-refractivity contribution in [2.24, 2.45) is 0 Å². The van der Waals surface area contributed by atoms with Crippen LogP contribution in [0.5, 0.6) is 0 Å². The van der Waals surface area contributed by atoms with Crippen molar-refractivity contribution in [3.8, 4) is 11.3 Å². The first-order valence-electron chi connectivity index (χ1n) is 9.88. The summed E-state index contributed by atoms with van der Waals surface area (Å²) < 4.78 is 5.32. The molecule has 1 atom stereocenters. The summed E-state index contributed by atoms with van der Waals surface area (Å²) in [7, 11) is 0. The van der Waals surface area contributed by atoms with Crippen molar-refractivity contribution < 1.29 is 14.0 Å². The minimum Gasteiger partial charge on any atom is -0.465 e. The van der Waals surface area contributed by atoms with Crippen LogP contribution in [0.3, 0.4) is 0 Å². The normalized spacial score (nSPS) is 12.2. The molecule has 0 aliphatic carbocycles. The highest BCUT2D eigenvalue weighted by Gasteiger charge is 2.19. The molecule has 7 nitrogen and oxygen atoms in total. The number of rotatable bonds is 7. The second-order valence-corrected chi connectivity index (χ2v) is 7.79. The quantitative estimate of drug-likeness (QED) is 0.411. The number of benzene rings is 1. The van der Waals surface area contributed by atoms with E-state index in [0.717, 1.165) is 16.3 Å². The molecule has 1 aromatic carbocycles. The molecule has 1 unspecified atom stereocenters. The molecule has 0 aliphatic rings. The number of carbonyl (C=O) groups excluding carboxylic acids is 2. The molecule has 2 amide bonds. The van der Waals surface area contributed by atoms with Crippen molar-refractivity contribution in [2.75, 3.05) is 0 Å². The summed E-state index contributed by atoms with van der Waals surface area (Å²) in [6.07, 6.45) is 6.44. The van der Waals surface area contributed by atoms with Gasteiger partial charge in [0.05, 0.1) is 18.0 Å². The summed E-state index contributed by atoms with van der Waals surface area (Å²) >= 11 is 1.44. The van der Waals surface area contributed by atoms with Crippen LogP contribution in [0.15, 0.2) is 88.7 Å². The molecule has 0 aliphatic heterocycles. The summed E-state index contributed by atoms with van der Waals surface area (Å²) in [5.41, 5.74) is 2.22. The number of hydrogen-bond acceptors (Lipinski definition) is 6. The fourth-order valence-corrected chi connectivity index (χ4v) is 3.76. The number of nitrogens with zero attached hydrogens (tertiary/aromatic N) is 2. The first-order valence-corrected chi connectivity index (χ1v) is 10.8. The maximum atomic E-state index is 13.0. The highest BCUT2D eigenvalue weighted by atomic mass is 32.1. The fourth-order valence-electron chi connectivity index (χ4n) is 2.93. The summed E-state index contributed by atoms with van der Waals surface area (Å²) in [5, 5.41) is 8.25. The lowest BCUT2D eigenvalue weighted by molar-refractivity contribution is -0.118. The first kappa shape index (κ1) is 21.2. The van der Waals surface area contributed by atoms with Crippen molar-refractivity contribution in [3.05, 3.63) is 101 Å². The molecule has 0 bridgehead atoms. The van der Waals surface area contributed by atoms with E-state index in [9.17, 15) is 9.59 Å². The summed E-state index contributed by atoms with van der Waals surface area (Å²) in [6.45, 7) is 1.84. The van der Waals surface area contributed by atoms with Crippen LogP contribution in [0.2, 0.25) is 0 Å². The van der Waals surface area contributed by atoms with E-state index in [-0.39, 0.29) is 17.6 Å². The predicted molar refractivity (Wildman–Crippen MR) is 122 cm³/mol. The van der Waals surface area contributed by atoms with Crippen LogP contribution < -0.4 is 10.6 Å². The van der Waals surface area contributed by atoms with Crippen LogP contribution in [0.4, 0.5) is 0 Å². The van der Waals surface area contributed by atoms with E-state index in [0.29, 0.717) is 11.3 Å². The maximum absolute atomic E-state index is 13.0. The lowest BCUT2D eigenvalue weighted by Gasteiger charge is -2.14. The van der Waals surface area contributed by atoms with E-state index in [1.807, 2.05) is 30.5 Å². The van der Waals surface area contributed by atoms with Crippen molar-refractivity contribution >= 4 is 29.2 Å². The van der Waals surface area contributed by atoms with Gasteiger partial charge in [0.25, 0.3) is 11.8 Å². The third-order valence-corrected chi connectivity index (χ3v) is 5.58. The van der Waals surface area contributed by atoms with Crippen molar-refractivity contribution in [3.63, 3.8) is 0 Å². The van der Waals surface area contributed by atoms with Gasteiger partial charge in [-0.1, -0.05) is 18.2 Å². The Morgan fingerprint density at radius 1 is 1.09 bits per heavy atom. The van der Waals surface area contributed by atoms with E-state index in [4.69, 9.17) is 4.42 Å². The number of pyridine rings is 1. The lowest BCUT2D eigenvalue weighted by Crippen LogP contribution is -2.36. The second kappa shape index (κ2) is 9.84. The standard InChI is InChI=1S/C24H20N4O3S/c1-16(24-28-21(15-32-24)18-9-5-11-25-14-18)26-23(30)20(13-19-10-6-12-31-19)27-22(29)17-7-3-2-4-8-17/h2-16H,1H3,(H,26,30)(H,27,29). The van der Waals surface area contributed by atoms with Gasteiger partial charge < -0.3 is 15.1 Å². The molecule has 0 saturated carbocycles. The molecule has 0 spiro atoms.